The number of methoxy groups -OCH3 is 2. The van der Waals surface area contributed by atoms with Crippen LogP contribution in [0, 0.1) is 0 Å². The second kappa shape index (κ2) is 11.0. The normalized spacial score (nSPS) is 11.4. The van der Waals surface area contributed by atoms with E-state index in [4.69, 9.17) is 9.47 Å². The number of anilines is 1. The Labute approximate surface area is 214 Å². The first kappa shape index (κ1) is 25.5. The van der Waals surface area contributed by atoms with E-state index >= 15 is 0 Å². The predicted molar refractivity (Wildman–Crippen MR) is 142 cm³/mol. The van der Waals surface area contributed by atoms with Crippen LogP contribution in [0.25, 0.3) is 10.8 Å². The molecule has 0 aliphatic heterocycles. The summed E-state index contributed by atoms with van der Waals surface area (Å²) < 4.78 is 38.6. The van der Waals surface area contributed by atoms with Gasteiger partial charge in [-0.15, -0.1) is 0 Å². The number of fused-ring (bicyclic) bond motifs is 1. The molecule has 4 aromatic carbocycles. The highest BCUT2D eigenvalue weighted by atomic mass is 32.2. The van der Waals surface area contributed by atoms with Crippen molar-refractivity contribution in [1.82, 2.24) is 5.43 Å². The molecule has 0 fully saturated rings. The minimum atomic E-state index is -4.17. The van der Waals surface area contributed by atoms with Gasteiger partial charge in [0, 0.05) is 5.56 Å². The fourth-order valence-corrected chi connectivity index (χ4v) is 5.20. The topological polar surface area (TPSA) is 118 Å². The molecule has 0 aromatic heterocycles. The molecule has 0 spiro atoms. The van der Waals surface area contributed by atoms with Crippen molar-refractivity contribution in [3.05, 3.63) is 90.5 Å². The molecule has 190 valence electrons. The van der Waals surface area contributed by atoms with Crippen LogP contribution in [0.4, 0.5) is 5.69 Å². The van der Waals surface area contributed by atoms with Gasteiger partial charge in [0.1, 0.15) is 23.8 Å². The smallest absolute Gasteiger partial charge is 0.264 e. The quantitative estimate of drug-likeness (QED) is 0.256. The first-order chi connectivity index (χ1) is 17.8. The van der Waals surface area contributed by atoms with Crippen LogP contribution in [-0.4, -0.2) is 46.4 Å². The average molecular weight is 520 g/mol. The maximum absolute atomic E-state index is 13.6. The Morgan fingerprint density at radius 2 is 1.65 bits per heavy atom. The summed E-state index contributed by atoms with van der Waals surface area (Å²) in [4.78, 5) is 12.9. The number of hydrogen-bond acceptors (Lipinski definition) is 7. The van der Waals surface area contributed by atoms with Gasteiger partial charge >= 0.3 is 0 Å². The van der Waals surface area contributed by atoms with Crippen molar-refractivity contribution in [1.29, 1.82) is 0 Å². The third-order valence-corrected chi connectivity index (χ3v) is 7.39. The fourth-order valence-electron chi connectivity index (χ4n) is 3.76. The van der Waals surface area contributed by atoms with Crippen LogP contribution in [0.5, 0.6) is 17.2 Å². The predicted octanol–water partition coefficient (Wildman–Crippen LogP) is 3.91. The summed E-state index contributed by atoms with van der Waals surface area (Å²) in [6, 6.07) is 23.1. The summed E-state index contributed by atoms with van der Waals surface area (Å²) >= 11 is 0. The number of amides is 1. The average Bonchev–Trinajstić information content (AvgIpc) is 2.93. The number of phenols is 1. The number of para-hydroxylation sites is 2. The van der Waals surface area contributed by atoms with E-state index in [2.05, 4.69) is 10.5 Å². The third-order valence-electron chi connectivity index (χ3n) is 5.62. The van der Waals surface area contributed by atoms with Crippen LogP contribution < -0.4 is 19.2 Å². The van der Waals surface area contributed by atoms with Crippen molar-refractivity contribution in [2.24, 2.45) is 5.10 Å². The number of hydrogen-bond donors (Lipinski definition) is 2. The maximum atomic E-state index is 13.6. The molecule has 0 heterocycles. The molecular weight excluding hydrogens is 494 g/mol. The number of rotatable bonds is 9. The Bertz CT molecular complexity index is 1550. The summed E-state index contributed by atoms with van der Waals surface area (Å²) in [7, 11) is -1.28. The van der Waals surface area contributed by atoms with E-state index < -0.39 is 22.5 Å². The van der Waals surface area contributed by atoms with E-state index in [0.29, 0.717) is 11.3 Å². The molecule has 4 rings (SSSR count). The van der Waals surface area contributed by atoms with Gasteiger partial charge in [0.15, 0.2) is 0 Å². The van der Waals surface area contributed by atoms with Crippen molar-refractivity contribution in [3.8, 4) is 17.2 Å². The van der Waals surface area contributed by atoms with Crippen molar-refractivity contribution in [3.63, 3.8) is 0 Å². The molecule has 0 aliphatic rings. The second-order valence-corrected chi connectivity index (χ2v) is 9.73. The Morgan fingerprint density at radius 1 is 0.946 bits per heavy atom. The van der Waals surface area contributed by atoms with E-state index in [1.165, 1.54) is 50.8 Å². The van der Waals surface area contributed by atoms with Crippen LogP contribution in [-0.2, 0) is 14.8 Å². The van der Waals surface area contributed by atoms with Gasteiger partial charge in [-0.2, -0.15) is 5.10 Å². The van der Waals surface area contributed by atoms with Crippen molar-refractivity contribution >= 4 is 38.6 Å². The van der Waals surface area contributed by atoms with E-state index in [-0.39, 0.29) is 22.1 Å². The van der Waals surface area contributed by atoms with Gasteiger partial charge in [0.2, 0.25) is 0 Å². The number of nitrogens with zero attached hydrogens (tertiary/aromatic N) is 2. The summed E-state index contributed by atoms with van der Waals surface area (Å²) in [5.41, 5.74) is 2.96. The van der Waals surface area contributed by atoms with Gasteiger partial charge in [0.05, 0.1) is 31.0 Å². The number of aromatic hydroxyl groups is 1. The Hall–Kier alpha value is -4.57. The Kier molecular flexibility index (Phi) is 7.59. The van der Waals surface area contributed by atoms with Gasteiger partial charge in [-0.05, 0) is 53.2 Å². The number of phenolic OH excluding ortho intramolecular Hbond substituents is 1. The molecule has 9 nitrogen and oxygen atoms in total. The van der Waals surface area contributed by atoms with Crippen LogP contribution in [0.15, 0.2) is 94.9 Å². The van der Waals surface area contributed by atoms with Crippen molar-refractivity contribution in [2.45, 2.75) is 4.90 Å². The molecular formula is C27H25N3O6S. The van der Waals surface area contributed by atoms with Crippen molar-refractivity contribution < 1.29 is 27.8 Å². The lowest BCUT2D eigenvalue weighted by molar-refractivity contribution is -0.119. The number of sulfonamides is 1. The fraction of sp³-hybridized carbons (Fsp3) is 0.111. The summed E-state index contributed by atoms with van der Waals surface area (Å²) in [5, 5.41) is 15.9. The van der Waals surface area contributed by atoms with Crippen LogP contribution >= 0.6 is 0 Å². The summed E-state index contributed by atoms with van der Waals surface area (Å²) in [6.45, 7) is -0.576. The zero-order valence-electron chi connectivity index (χ0n) is 20.2. The molecule has 0 aliphatic carbocycles. The highest BCUT2D eigenvalue weighted by molar-refractivity contribution is 7.92. The highest BCUT2D eigenvalue weighted by Gasteiger charge is 2.29. The first-order valence-electron chi connectivity index (χ1n) is 11.2. The number of nitrogens with one attached hydrogen (secondary N) is 1. The van der Waals surface area contributed by atoms with Crippen molar-refractivity contribution in [2.75, 3.05) is 25.1 Å². The molecule has 0 bridgehead atoms. The summed E-state index contributed by atoms with van der Waals surface area (Å²) in [6.07, 6.45) is 1.32. The van der Waals surface area contributed by atoms with Gasteiger partial charge < -0.3 is 14.6 Å². The molecule has 0 saturated heterocycles. The van der Waals surface area contributed by atoms with E-state index in [0.717, 1.165) is 15.1 Å². The highest BCUT2D eigenvalue weighted by Crippen LogP contribution is 2.32. The SMILES string of the molecule is COc1ccc(S(=O)(=O)N(CC(=O)N/N=C\c2c(O)ccc3ccccc23)c2ccccc2OC)cc1. The molecule has 0 saturated carbocycles. The third kappa shape index (κ3) is 5.49. The largest absolute Gasteiger partial charge is 0.507 e. The lowest BCUT2D eigenvalue weighted by atomic mass is 10.0. The monoisotopic (exact) mass is 519 g/mol. The van der Waals surface area contributed by atoms with Crippen LogP contribution in [0.1, 0.15) is 5.56 Å². The first-order valence-corrected chi connectivity index (χ1v) is 12.6. The molecule has 4 aromatic rings. The van der Waals surface area contributed by atoms with E-state index in [1.54, 1.807) is 30.3 Å². The van der Waals surface area contributed by atoms with Gasteiger partial charge in [-0.25, -0.2) is 13.8 Å². The summed E-state index contributed by atoms with van der Waals surface area (Å²) in [5.74, 6) is 0.0662. The standard InChI is InChI=1S/C27H25N3O6S/c1-35-20-12-14-21(15-13-20)37(33,34)30(24-9-5-6-10-26(24)36-2)18-27(32)29-28-17-23-22-8-4-3-7-19(22)11-16-25(23)31/h3-17,31H,18H2,1-2H3,(H,29,32)/b28-17-. The zero-order valence-corrected chi connectivity index (χ0v) is 21.0. The minimum Gasteiger partial charge on any atom is -0.507 e. The number of hydrazone groups is 1. The van der Waals surface area contributed by atoms with E-state index in [9.17, 15) is 18.3 Å². The van der Waals surface area contributed by atoms with Crippen LogP contribution in [0.3, 0.4) is 0 Å². The van der Waals surface area contributed by atoms with Gasteiger partial charge in [-0.1, -0.05) is 42.5 Å². The maximum Gasteiger partial charge on any atom is 0.264 e. The Morgan fingerprint density at radius 3 is 2.38 bits per heavy atom. The lowest BCUT2D eigenvalue weighted by Gasteiger charge is -2.25. The molecule has 2 N–H and O–H groups in total. The van der Waals surface area contributed by atoms with Gasteiger partial charge in [-0.3, -0.25) is 9.10 Å². The number of carbonyl (C=O) groups is 1. The second-order valence-electron chi connectivity index (χ2n) is 7.87. The molecule has 37 heavy (non-hydrogen) atoms. The molecule has 0 unspecified atom stereocenters. The van der Waals surface area contributed by atoms with Crippen LogP contribution in [0.2, 0.25) is 0 Å². The Balaban J connectivity index is 1.63. The number of ether oxygens (including phenoxy) is 2. The zero-order chi connectivity index (χ0) is 26.4. The van der Waals surface area contributed by atoms with E-state index in [1.807, 2.05) is 24.3 Å². The number of carbonyl (C=O) groups excluding carboxylic acids is 1. The molecule has 10 heteroatoms. The molecule has 0 radical (unpaired) electrons. The lowest BCUT2D eigenvalue weighted by Crippen LogP contribution is -2.39. The number of benzene rings is 4. The molecule has 1 amide bonds. The van der Waals surface area contributed by atoms with Gasteiger partial charge in [0.25, 0.3) is 15.9 Å². The molecule has 0 atom stereocenters. The minimum absolute atomic E-state index is 0.00516.